The van der Waals surface area contributed by atoms with Crippen molar-refractivity contribution in [1.82, 2.24) is 0 Å². The van der Waals surface area contributed by atoms with Crippen molar-refractivity contribution in [3.63, 3.8) is 0 Å². The third-order valence-corrected chi connectivity index (χ3v) is 4.35. The second kappa shape index (κ2) is 5.24. The van der Waals surface area contributed by atoms with Crippen molar-refractivity contribution in [3.8, 4) is 0 Å². The van der Waals surface area contributed by atoms with Crippen LogP contribution in [-0.2, 0) is 9.53 Å². The number of hydrogen-bond acceptors (Lipinski definition) is 3. The van der Waals surface area contributed by atoms with Crippen LogP contribution in [0, 0.1) is 13.8 Å². The smallest absolute Gasteiger partial charge is 0.340 e. The molecule has 0 aliphatic rings. The van der Waals surface area contributed by atoms with E-state index in [0.717, 1.165) is 21.0 Å². The Balaban J connectivity index is 3.01. The number of ether oxygens (including phenoxy) is 1. The van der Waals surface area contributed by atoms with Gasteiger partial charge in [0.2, 0.25) is 0 Å². The Morgan fingerprint density at radius 3 is 2.39 bits per heavy atom. The highest BCUT2D eigenvalue weighted by Gasteiger charge is 2.26. The Labute approximate surface area is 112 Å². The van der Waals surface area contributed by atoms with Crippen LogP contribution in [0.3, 0.4) is 0 Å². The van der Waals surface area contributed by atoms with Gasteiger partial charge in [-0.15, -0.1) is 0 Å². The third-order valence-electron chi connectivity index (χ3n) is 3.02. The van der Waals surface area contributed by atoms with Crippen LogP contribution < -0.4 is 5.19 Å². The predicted molar refractivity (Wildman–Crippen MR) is 76.3 cm³/mol. The maximum Gasteiger partial charge on any atom is 0.340 e. The fourth-order valence-electron chi connectivity index (χ4n) is 1.76. The Bertz CT molecular complexity index is 461. The van der Waals surface area contributed by atoms with E-state index < -0.39 is 17.7 Å². The first-order valence-corrected chi connectivity index (χ1v) is 7.11. The number of aliphatic hydroxyl groups is 1. The molecule has 3 nitrogen and oxygen atoms in total. The van der Waals surface area contributed by atoms with E-state index in [4.69, 9.17) is 4.74 Å². The second-order valence-electron chi connectivity index (χ2n) is 5.66. The molecule has 1 aromatic carbocycles. The van der Waals surface area contributed by atoms with Gasteiger partial charge in [-0.3, -0.25) is 0 Å². The molecule has 0 saturated heterocycles. The summed E-state index contributed by atoms with van der Waals surface area (Å²) in [7, 11) is 0.794. The van der Waals surface area contributed by atoms with Crippen LogP contribution >= 0.6 is 0 Å². The molecule has 0 aliphatic heterocycles. The van der Waals surface area contributed by atoms with Gasteiger partial charge in [-0.2, -0.15) is 0 Å². The molecule has 1 unspecified atom stereocenters. The van der Waals surface area contributed by atoms with Crippen molar-refractivity contribution in [2.75, 3.05) is 0 Å². The quantitative estimate of drug-likeness (QED) is 0.632. The molecule has 0 aliphatic carbocycles. The molecule has 0 aromatic heterocycles. The van der Waals surface area contributed by atoms with Gasteiger partial charge >= 0.3 is 5.97 Å². The molecule has 0 fully saturated rings. The van der Waals surface area contributed by atoms with Crippen LogP contribution in [0.5, 0.6) is 0 Å². The number of rotatable bonds is 2. The van der Waals surface area contributed by atoms with Gasteiger partial charge in [0, 0.05) is 10.2 Å². The lowest BCUT2D eigenvalue weighted by Gasteiger charge is -2.23. The number of hydrogen-bond donors (Lipinski definition) is 1. The summed E-state index contributed by atoms with van der Waals surface area (Å²) >= 11 is 0. The molecule has 0 heterocycles. The summed E-state index contributed by atoms with van der Waals surface area (Å²) in [4.78, 5) is 11.9. The molecule has 0 spiro atoms. The summed E-state index contributed by atoms with van der Waals surface area (Å²) < 4.78 is 5.21. The zero-order chi connectivity index (χ0) is 14.1. The molecular formula is C14H22O3Si. The molecule has 18 heavy (non-hydrogen) atoms. The number of esters is 1. The van der Waals surface area contributed by atoms with E-state index >= 15 is 0 Å². The summed E-state index contributed by atoms with van der Waals surface area (Å²) in [5.41, 5.74) is 2.43. The fraction of sp³-hybridized carbons (Fsp3) is 0.500. The van der Waals surface area contributed by atoms with Gasteiger partial charge in [0.05, 0.1) is 0 Å². The lowest BCUT2D eigenvalue weighted by molar-refractivity contribution is -0.165. The molecule has 0 saturated carbocycles. The molecule has 0 bridgehead atoms. The lowest BCUT2D eigenvalue weighted by Crippen LogP contribution is -2.30. The standard InChI is InChI=1S/C14H22O3Si/c1-8-6-7-10(12(18)9(8)2)11(15)13(16)17-14(3,4)5/h6-7,11,15H,1-5,18H3. The van der Waals surface area contributed by atoms with Crippen molar-refractivity contribution in [2.24, 2.45) is 0 Å². The van der Waals surface area contributed by atoms with Crippen LogP contribution in [0.2, 0.25) is 0 Å². The number of carbonyl (C=O) groups is 1. The van der Waals surface area contributed by atoms with Crippen molar-refractivity contribution in [2.45, 2.75) is 46.3 Å². The summed E-state index contributed by atoms with van der Waals surface area (Å²) in [5.74, 6) is -0.581. The largest absolute Gasteiger partial charge is 0.458 e. The van der Waals surface area contributed by atoms with E-state index in [1.165, 1.54) is 5.56 Å². The summed E-state index contributed by atoms with van der Waals surface area (Å²) in [5, 5.41) is 11.2. The average molecular weight is 266 g/mol. The summed E-state index contributed by atoms with van der Waals surface area (Å²) in [6, 6.07) is 3.75. The van der Waals surface area contributed by atoms with E-state index in [1.807, 2.05) is 26.0 Å². The highest BCUT2D eigenvalue weighted by Crippen LogP contribution is 2.18. The van der Waals surface area contributed by atoms with Crippen LogP contribution in [0.4, 0.5) is 0 Å². The van der Waals surface area contributed by atoms with Gasteiger partial charge < -0.3 is 9.84 Å². The molecule has 0 radical (unpaired) electrons. The van der Waals surface area contributed by atoms with Crippen LogP contribution in [0.25, 0.3) is 0 Å². The lowest BCUT2D eigenvalue weighted by atomic mass is 10.0. The van der Waals surface area contributed by atoms with Gasteiger partial charge in [-0.1, -0.05) is 17.3 Å². The van der Waals surface area contributed by atoms with E-state index in [0.29, 0.717) is 5.56 Å². The average Bonchev–Trinajstić information content (AvgIpc) is 2.23. The SMILES string of the molecule is Cc1ccc(C(O)C(=O)OC(C)(C)C)c([SiH3])c1C. The van der Waals surface area contributed by atoms with Gasteiger partial charge in [0.25, 0.3) is 0 Å². The minimum atomic E-state index is -1.18. The number of carbonyl (C=O) groups excluding carboxylic acids is 1. The maximum atomic E-state index is 11.9. The molecule has 1 N–H and O–H groups in total. The molecule has 100 valence electrons. The molecule has 0 amide bonds. The maximum absolute atomic E-state index is 11.9. The highest BCUT2D eigenvalue weighted by molar-refractivity contribution is 6.34. The Morgan fingerprint density at radius 1 is 1.33 bits per heavy atom. The Hall–Kier alpha value is -1.13. The molecule has 1 atom stereocenters. The Kier molecular flexibility index (Phi) is 4.35. The number of aliphatic hydroxyl groups excluding tert-OH is 1. The van der Waals surface area contributed by atoms with E-state index in [2.05, 4.69) is 0 Å². The van der Waals surface area contributed by atoms with Crippen LogP contribution in [0.15, 0.2) is 12.1 Å². The van der Waals surface area contributed by atoms with Crippen molar-refractivity contribution >= 4 is 21.4 Å². The first kappa shape index (κ1) is 14.9. The normalized spacial score (nSPS) is 13.4. The van der Waals surface area contributed by atoms with E-state index in [1.54, 1.807) is 20.8 Å². The van der Waals surface area contributed by atoms with Crippen molar-refractivity contribution < 1.29 is 14.6 Å². The zero-order valence-electron chi connectivity index (χ0n) is 12.0. The van der Waals surface area contributed by atoms with Crippen molar-refractivity contribution in [1.29, 1.82) is 0 Å². The fourth-order valence-corrected chi connectivity index (χ4v) is 2.59. The van der Waals surface area contributed by atoms with Crippen LogP contribution in [0.1, 0.15) is 43.6 Å². The molecule has 1 aromatic rings. The second-order valence-corrected chi connectivity index (χ2v) is 6.66. The van der Waals surface area contributed by atoms with Gasteiger partial charge in [0.1, 0.15) is 5.60 Å². The minimum Gasteiger partial charge on any atom is -0.458 e. The first-order valence-electron chi connectivity index (χ1n) is 6.11. The monoisotopic (exact) mass is 266 g/mol. The predicted octanol–water partition coefficient (Wildman–Crippen LogP) is 0.669. The van der Waals surface area contributed by atoms with Gasteiger partial charge in [-0.25, -0.2) is 4.79 Å². The molecular weight excluding hydrogens is 244 g/mol. The third kappa shape index (κ3) is 3.43. The minimum absolute atomic E-state index is 0.580. The van der Waals surface area contributed by atoms with Crippen molar-refractivity contribution in [3.05, 3.63) is 28.8 Å². The highest BCUT2D eigenvalue weighted by atomic mass is 28.1. The van der Waals surface area contributed by atoms with Gasteiger partial charge in [-0.05, 0) is 51.3 Å². The van der Waals surface area contributed by atoms with E-state index in [9.17, 15) is 9.90 Å². The Morgan fingerprint density at radius 2 is 1.89 bits per heavy atom. The first-order chi connectivity index (χ1) is 8.13. The number of aryl methyl sites for hydroxylation is 1. The summed E-state index contributed by atoms with van der Waals surface area (Å²) in [6.45, 7) is 9.42. The van der Waals surface area contributed by atoms with E-state index in [-0.39, 0.29) is 0 Å². The topological polar surface area (TPSA) is 46.5 Å². The van der Waals surface area contributed by atoms with Crippen LogP contribution in [-0.4, -0.2) is 26.9 Å². The molecule has 4 heteroatoms. The number of benzene rings is 1. The van der Waals surface area contributed by atoms with Gasteiger partial charge in [0.15, 0.2) is 6.10 Å². The molecule has 1 rings (SSSR count). The zero-order valence-corrected chi connectivity index (χ0v) is 14.0. The summed E-state index contributed by atoms with van der Waals surface area (Å²) in [6.07, 6.45) is -1.18.